The molecule has 3 aliphatic carbocycles. The molecule has 0 spiro atoms. The van der Waals surface area contributed by atoms with E-state index in [1.807, 2.05) is 0 Å². The Hall–Kier alpha value is -5.94. The number of fused-ring (bicyclic) bond motifs is 5. The summed E-state index contributed by atoms with van der Waals surface area (Å²) in [5, 5.41) is 43.2. The number of ketones is 1. The number of hydrogen-bond donors (Lipinski definition) is 5. The van der Waals surface area contributed by atoms with Crippen LogP contribution in [0.25, 0.3) is 0 Å². The first kappa shape index (κ1) is 45.1. The molecule has 2 bridgehead atoms. The van der Waals surface area contributed by atoms with Gasteiger partial charge in [-0.15, -0.1) is 0 Å². The van der Waals surface area contributed by atoms with Crippen molar-refractivity contribution in [3.63, 3.8) is 0 Å². The first-order valence-electron chi connectivity index (χ1n) is 20.7. The number of alkyl carbamates (subject to hydrolysis) is 1. The van der Waals surface area contributed by atoms with Crippen LogP contribution < -0.4 is 10.6 Å². The maximum Gasteiger partial charge on any atom is 0.407 e. The van der Waals surface area contributed by atoms with Crippen molar-refractivity contribution in [2.45, 2.75) is 101 Å². The van der Waals surface area contributed by atoms with Gasteiger partial charge in [-0.1, -0.05) is 80.6 Å². The first-order chi connectivity index (χ1) is 29.8. The molecule has 1 heterocycles. The number of carbonyl (C=O) groups is 6. The molecule has 16 heteroatoms. The highest BCUT2D eigenvalue weighted by Crippen LogP contribution is 2.63. The molecule has 3 aromatic carbocycles. The van der Waals surface area contributed by atoms with Gasteiger partial charge in [0.2, 0.25) is 6.10 Å². The minimum absolute atomic E-state index is 0.0124. The zero-order valence-corrected chi connectivity index (χ0v) is 35.7. The Kier molecular flexibility index (Phi) is 12.2. The van der Waals surface area contributed by atoms with Gasteiger partial charge >= 0.3 is 24.0 Å². The quantitative estimate of drug-likeness (QED) is 0.112. The summed E-state index contributed by atoms with van der Waals surface area (Å²) in [7, 11) is 1.27. The van der Waals surface area contributed by atoms with E-state index >= 15 is 4.79 Å². The number of Topliss-reactive ketones (excluding diaryl/α,β-unsaturated/α-hetero) is 1. The van der Waals surface area contributed by atoms with E-state index in [2.05, 4.69) is 10.6 Å². The summed E-state index contributed by atoms with van der Waals surface area (Å²) in [6.07, 6.45) is -11.5. The monoisotopic (exact) mass is 868 g/mol. The molecule has 63 heavy (non-hydrogen) atoms. The number of carbonyl (C=O) groups excluding carboxylic acids is 6. The molecule has 0 aromatic heterocycles. The van der Waals surface area contributed by atoms with E-state index in [4.69, 9.17) is 23.7 Å². The lowest BCUT2D eigenvalue weighted by Gasteiger charge is -2.66. The summed E-state index contributed by atoms with van der Waals surface area (Å²) in [6.45, 7) is 6.74. The molecule has 1 aliphatic heterocycles. The van der Waals surface area contributed by atoms with Crippen LogP contribution in [0.2, 0.25) is 0 Å². The number of amides is 2. The first-order valence-corrected chi connectivity index (χ1v) is 20.7. The molecule has 3 fully saturated rings. The lowest BCUT2D eigenvalue weighted by molar-refractivity contribution is -0.343. The second-order valence-electron chi connectivity index (χ2n) is 17.4. The summed E-state index contributed by atoms with van der Waals surface area (Å²) < 4.78 is 29.8. The Balaban J connectivity index is 1.39. The van der Waals surface area contributed by atoms with E-state index in [1.165, 1.54) is 33.0 Å². The maximum absolute atomic E-state index is 15.4. The van der Waals surface area contributed by atoms with Gasteiger partial charge in [-0.25, -0.2) is 14.4 Å². The van der Waals surface area contributed by atoms with Crippen molar-refractivity contribution in [3.05, 3.63) is 119 Å². The molecule has 4 aliphatic rings. The fraction of sp³-hybridized carbons (Fsp3) is 0.447. The van der Waals surface area contributed by atoms with Gasteiger partial charge in [-0.3, -0.25) is 14.4 Å². The van der Waals surface area contributed by atoms with Crippen molar-refractivity contribution < 1.29 is 67.8 Å². The van der Waals surface area contributed by atoms with Gasteiger partial charge in [0.25, 0.3) is 5.91 Å². The standard InChI is InChI=1S/C47H52N2O14/c1-25-30(61-42(55)36(62-43(56)48-6)34(27-16-10-7-11-17-27)49-40(53)28-18-12-8-13-19-28)23-47(58)39(63-41(54)29-20-14-9-15-21-29)37-45(5,31(51)22-32-46(37,57)24-59-32)38(52)35(60-26(2)50)33(25)44(47,3)4/h7-21,30-32,34-37,39,51,57-58H,22-24H2,1-6H3,(H,48,56)(H,49,53)/t30-,31-,32+,34-,35?,36+,37?,39-,45+,46-,47+/m0/s1. The van der Waals surface area contributed by atoms with Gasteiger partial charge in [0.1, 0.15) is 29.5 Å². The largest absolute Gasteiger partial charge is 0.455 e. The second kappa shape index (κ2) is 17.0. The van der Waals surface area contributed by atoms with Gasteiger partial charge < -0.3 is 49.6 Å². The summed E-state index contributed by atoms with van der Waals surface area (Å²) in [5.74, 6) is -6.09. The summed E-state index contributed by atoms with van der Waals surface area (Å²) >= 11 is 0. The molecule has 334 valence electrons. The summed E-state index contributed by atoms with van der Waals surface area (Å²) in [6, 6.07) is 22.9. The van der Waals surface area contributed by atoms with Gasteiger partial charge in [0, 0.05) is 43.7 Å². The minimum atomic E-state index is -2.40. The molecule has 7 rings (SSSR count). The summed E-state index contributed by atoms with van der Waals surface area (Å²) in [5.41, 5.74) is -7.27. The van der Waals surface area contributed by atoms with Crippen molar-refractivity contribution in [3.8, 4) is 0 Å². The molecule has 5 N–H and O–H groups in total. The predicted molar refractivity (Wildman–Crippen MR) is 221 cm³/mol. The number of rotatable bonds is 10. The average Bonchev–Trinajstić information content (AvgIpc) is 3.26. The van der Waals surface area contributed by atoms with E-state index in [0.717, 1.165) is 6.92 Å². The van der Waals surface area contributed by atoms with Gasteiger partial charge in [0.05, 0.1) is 29.8 Å². The number of ether oxygens (including phenoxy) is 5. The van der Waals surface area contributed by atoms with Crippen molar-refractivity contribution in [1.82, 2.24) is 10.6 Å². The third-order valence-electron chi connectivity index (χ3n) is 13.6. The van der Waals surface area contributed by atoms with Crippen LogP contribution >= 0.6 is 0 Å². The minimum Gasteiger partial charge on any atom is -0.455 e. The molecule has 2 unspecified atom stereocenters. The van der Waals surface area contributed by atoms with Crippen molar-refractivity contribution in [2.75, 3.05) is 13.7 Å². The second-order valence-corrected chi connectivity index (χ2v) is 17.4. The Morgan fingerprint density at radius 3 is 1.98 bits per heavy atom. The Bertz CT molecular complexity index is 2300. The van der Waals surface area contributed by atoms with Crippen LogP contribution in [0.1, 0.15) is 79.8 Å². The molecule has 2 amide bonds. The van der Waals surface area contributed by atoms with Crippen molar-refractivity contribution in [1.29, 1.82) is 0 Å². The van der Waals surface area contributed by atoms with E-state index in [-0.39, 0.29) is 35.3 Å². The number of esters is 3. The van der Waals surface area contributed by atoms with E-state index in [0.29, 0.717) is 5.56 Å². The van der Waals surface area contributed by atoms with E-state index in [9.17, 15) is 39.3 Å². The van der Waals surface area contributed by atoms with Crippen LogP contribution in [0.5, 0.6) is 0 Å². The third-order valence-corrected chi connectivity index (χ3v) is 13.6. The highest BCUT2D eigenvalue weighted by Gasteiger charge is 2.77. The van der Waals surface area contributed by atoms with Crippen LogP contribution in [-0.4, -0.2) is 112 Å². The molecular weight excluding hydrogens is 817 g/mol. The van der Waals surface area contributed by atoms with E-state index in [1.54, 1.807) is 92.7 Å². The van der Waals surface area contributed by atoms with E-state index < -0.39 is 113 Å². The Morgan fingerprint density at radius 1 is 0.841 bits per heavy atom. The third kappa shape index (κ3) is 7.68. The zero-order valence-electron chi connectivity index (χ0n) is 35.7. The number of benzene rings is 3. The molecular formula is C47H52N2O14. The fourth-order valence-electron chi connectivity index (χ4n) is 10.1. The molecule has 11 atom stereocenters. The van der Waals surface area contributed by atoms with Crippen LogP contribution in [-0.2, 0) is 38.1 Å². The highest BCUT2D eigenvalue weighted by molar-refractivity contribution is 5.96. The van der Waals surface area contributed by atoms with Crippen LogP contribution in [0.15, 0.2) is 102 Å². The lowest BCUT2D eigenvalue weighted by atomic mass is 9.44. The Morgan fingerprint density at radius 2 is 1.43 bits per heavy atom. The highest BCUT2D eigenvalue weighted by atomic mass is 16.6. The number of aliphatic hydroxyl groups excluding tert-OH is 1. The van der Waals surface area contributed by atoms with Crippen molar-refractivity contribution >= 4 is 35.7 Å². The SMILES string of the molecule is CNC(=O)O[C@@H](C(=O)O[C@H]1C[C@@]2(O)[C@@H](OC(=O)c3ccccc3)C3[C@]4(O)CO[C@@H]4C[C@H](O)[C@@]3(C)C(=O)C(OC(C)=O)C(=C1C)C2(C)C)[C@@H](NC(=O)c1ccccc1)c1ccccc1. The van der Waals surface area contributed by atoms with Gasteiger partial charge in [-0.05, 0) is 54.8 Å². The zero-order chi connectivity index (χ0) is 45.6. The summed E-state index contributed by atoms with van der Waals surface area (Å²) in [4.78, 5) is 84.0. The predicted octanol–water partition coefficient (Wildman–Crippen LogP) is 3.53. The molecule has 0 radical (unpaired) electrons. The smallest absolute Gasteiger partial charge is 0.407 e. The number of aliphatic hydroxyl groups is 3. The average molecular weight is 869 g/mol. The van der Waals surface area contributed by atoms with Gasteiger partial charge in [-0.2, -0.15) is 0 Å². The van der Waals surface area contributed by atoms with Crippen LogP contribution in [0.3, 0.4) is 0 Å². The van der Waals surface area contributed by atoms with Crippen LogP contribution in [0, 0.1) is 16.7 Å². The maximum atomic E-state index is 15.4. The molecule has 2 saturated carbocycles. The fourth-order valence-corrected chi connectivity index (χ4v) is 10.1. The topological polar surface area (TPSA) is 233 Å². The Labute approximate surface area is 363 Å². The van der Waals surface area contributed by atoms with Crippen LogP contribution in [0.4, 0.5) is 4.79 Å². The van der Waals surface area contributed by atoms with Crippen molar-refractivity contribution in [2.24, 2.45) is 16.7 Å². The van der Waals surface area contributed by atoms with Gasteiger partial charge in [0.15, 0.2) is 11.9 Å². The molecule has 1 saturated heterocycles. The number of nitrogens with one attached hydrogen (secondary N) is 2. The molecule has 3 aromatic rings. The lowest BCUT2D eigenvalue weighted by Crippen LogP contribution is -2.81. The normalized spacial score (nSPS) is 31.5. The molecule has 16 nitrogen and oxygen atoms in total. The number of hydrogen-bond acceptors (Lipinski definition) is 14.